The van der Waals surface area contributed by atoms with Crippen LogP contribution >= 0.6 is 7.67 Å². The fourth-order valence-corrected chi connectivity index (χ4v) is 2.48. The number of nitrogens with two attached hydrogens (primary N) is 1. The van der Waals surface area contributed by atoms with Crippen LogP contribution in [0.25, 0.3) is 0 Å². The lowest BCUT2D eigenvalue weighted by Gasteiger charge is -2.23. The molecule has 13 heteroatoms. The van der Waals surface area contributed by atoms with Crippen molar-refractivity contribution in [2.45, 2.75) is 0 Å². The number of hydrogen-bond acceptors (Lipinski definition) is 7. The average Bonchev–Trinajstić information content (AvgIpc) is 2.09. The van der Waals surface area contributed by atoms with Crippen molar-refractivity contribution in [1.82, 2.24) is 4.67 Å². The van der Waals surface area contributed by atoms with Crippen molar-refractivity contribution < 1.29 is 34.7 Å². The van der Waals surface area contributed by atoms with Gasteiger partial charge in [0.2, 0.25) is 0 Å². The van der Waals surface area contributed by atoms with Gasteiger partial charge in [0.15, 0.2) is 0 Å². The first-order valence-corrected chi connectivity index (χ1v) is 10.2. The van der Waals surface area contributed by atoms with Crippen LogP contribution in [0, 0.1) is 0 Å². The van der Waals surface area contributed by atoms with E-state index in [2.05, 4.69) is 8.37 Å². The summed E-state index contributed by atoms with van der Waals surface area (Å²) in [6.07, 6.45) is 1.65. The van der Waals surface area contributed by atoms with Crippen molar-refractivity contribution in [2.75, 3.05) is 38.8 Å². The van der Waals surface area contributed by atoms with Crippen LogP contribution in [-0.4, -0.2) is 65.2 Å². The molecular formula is C6H17N2O8PS2. The van der Waals surface area contributed by atoms with E-state index in [0.717, 1.165) is 17.2 Å². The summed E-state index contributed by atoms with van der Waals surface area (Å²) in [7, 11) is -11.5. The van der Waals surface area contributed by atoms with Crippen LogP contribution in [0.3, 0.4) is 0 Å². The molecule has 0 radical (unpaired) electrons. The van der Waals surface area contributed by atoms with Crippen LogP contribution in [0.15, 0.2) is 0 Å². The molecule has 0 aromatic heterocycles. The lowest BCUT2D eigenvalue weighted by molar-refractivity contribution is 0.230. The Morgan fingerprint density at radius 2 is 1.37 bits per heavy atom. The molecule has 0 amide bonds. The maximum absolute atomic E-state index is 11.3. The molecule has 0 saturated carbocycles. The largest absolute Gasteiger partial charge is 0.338 e. The fraction of sp³-hybridized carbons (Fsp3) is 1.00. The maximum atomic E-state index is 11.3. The molecule has 0 bridgehead atoms. The molecule has 0 aromatic carbocycles. The minimum absolute atomic E-state index is 0.273. The van der Waals surface area contributed by atoms with Crippen molar-refractivity contribution in [1.29, 1.82) is 0 Å². The highest BCUT2D eigenvalue weighted by Gasteiger charge is 2.23. The summed E-state index contributed by atoms with van der Waals surface area (Å²) in [5.74, 6) is 0. The quantitative estimate of drug-likeness (QED) is 0.366. The summed E-state index contributed by atoms with van der Waals surface area (Å²) in [5, 5.41) is 0. The zero-order chi connectivity index (χ0) is 15.3. The standard InChI is InChI=1S/C6H17N2O8PS2/c1-18(11,12)15-5-3-8(17(7,9)10)4-6-16-19(2,13)14/h3-6H2,1-2H3,(H3,7,9,10). The Hall–Kier alpha value is -0.0700. The topological polar surface area (TPSA) is 153 Å². The predicted molar refractivity (Wildman–Crippen MR) is 67.2 cm³/mol. The molecule has 3 N–H and O–H groups in total. The zero-order valence-electron chi connectivity index (χ0n) is 10.4. The van der Waals surface area contributed by atoms with Gasteiger partial charge in [-0.25, -0.2) is 10.2 Å². The second kappa shape index (κ2) is 7.09. The maximum Gasteiger partial charge on any atom is 0.338 e. The van der Waals surface area contributed by atoms with Gasteiger partial charge < -0.3 is 4.89 Å². The highest BCUT2D eigenvalue weighted by Crippen LogP contribution is 2.34. The molecule has 0 spiro atoms. The van der Waals surface area contributed by atoms with Gasteiger partial charge in [-0.3, -0.25) is 12.9 Å². The van der Waals surface area contributed by atoms with Gasteiger partial charge in [-0.15, -0.1) is 0 Å². The predicted octanol–water partition coefficient (Wildman–Crippen LogP) is -1.70. The summed E-state index contributed by atoms with van der Waals surface area (Å²) >= 11 is 0. The van der Waals surface area contributed by atoms with E-state index < -0.39 is 27.9 Å². The van der Waals surface area contributed by atoms with Gasteiger partial charge in [0, 0.05) is 13.1 Å². The molecule has 0 aliphatic rings. The Balaban J connectivity index is 4.38. The molecule has 0 aromatic rings. The highest BCUT2D eigenvalue weighted by molar-refractivity contribution is 7.86. The van der Waals surface area contributed by atoms with E-state index in [0.29, 0.717) is 0 Å². The second-order valence-corrected chi connectivity index (χ2v) is 8.63. The van der Waals surface area contributed by atoms with E-state index in [1.807, 2.05) is 0 Å². The van der Waals surface area contributed by atoms with E-state index in [9.17, 15) is 26.3 Å². The first kappa shape index (κ1) is 18.9. The molecule has 0 aliphatic heterocycles. The molecule has 116 valence electrons. The summed E-state index contributed by atoms with van der Waals surface area (Å²) < 4.78 is 63.6. The van der Waals surface area contributed by atoms with Crippen molar-refractivity contribution >= 4 is 27.9 Å². The van der Waals surface area contributed by atoms with Crippen molar-refractivity contribution in [3.05, 3.63) is 0 Å². The Bertz CT molecular complexity index is 485. The summed E-state index contributed by atoms with van der Waals surface area (Å²) in [5.41, 5.74) is 5.01. The van der Waals surface area contributed by atoms with Crippen LogP contribution < -0.4 is 5.50 Å². The normalized spacial score (nSPS) is 16.5. The van der Waals surface area contributed by atoms with Gasteiger partial charge in [0.05, 0.1) is 25.7 Å². The van der Waals surface area contributed by atoms with Gasteiger partial charge in [0.25, 0.3) is 20.2 Å². The minimum atomic E-state index is -4.16. The third-order valence-electron chi connectivity index (χ3n) is 1.70. The van der Waals surface area contributed by atoms with Crippen molar-refractivity contribution in [3.8, 4) is 0 Å². The van der Waals surface area contributed by atoms with Gasteiger partial charge in [0.1, 0.15) is 0 Å². The molecule has 1 unspecified atom stereocenters. The number of nitrogens with zero attached hydrogens (tertiary/aromatic N) is 1. The van der Waals surface area contributed by atoms with Crippen molar-refractivity contribution in [2.24, 2.45) is 5.50 Å². The molecule has 0 rings (SSSR count). The van der Waals surface area contributed by atoms with Crippen LogP contribution in [0.4, 0.5) is 0 Å². The summed E-state index contributed by atoms with van der Waals surface area (Å²) in [6, 6.07) is 0. The average molecular weight is 340 g/mol. The third-order valence-corrected chi connectivity index (χ3v) is 4.10. The smallest absolute Gasteiger partial charge is 0.322 e. The lowest BCUT2D eigenvalue weighted by atomic mass is 10.6. The second-order valence-electron chi connectivity index (χ2n) is 3.59. The van der Waals surface area contributed by atoms with Crippen LogP contribution in [0.1, 0.15) is 0 Å². The number of rotatable bonds is 9. The van der Waals surface area contributed by atoms with Crippen LogP contribution in [0.5, 0.6) is 0 Å². The van der Waals surface area contributed by atoms with Crippen molar-refractivity contribution in [3.63, 3.8) is 0 Å². The Kier molecular flexibility index (Phi) is 7.06. The van der Waals surface area contributed by atoms with E-state index in [1.165, 1.54) is 0 Å². The van der Waals surface area contributed by atoms with Gasteiger partial charge in [-0.2, -0.15) is 16.8 Å². The van der Waals surface area contributed by atoms with E-state index in [1.54, 1.807) is 0 Å². The van der Waals surface area contributed by atoms with Gasteiger partial charge in [-0.05, 0) is 0 Å². The first-order chi connectivity index (χ1) is 8.31. The van der Waals surface area contributed by atoms with E-state index in [-0.39, 0.29) is 26.3 Å². The molecule has 19 heavy (non-hydrogen) atoms. The highest BCUT2D eigenvalue weighted by atomic mass is 32.2. The summed E-state index contributed by atoms with van der Waals surface area (Å²) in [4.78, 5) is 9.19. The Morgan fingerprint density at radius 1 is 1.05 bits per heavy atom. The molecule has 0 saturated heterocycles. The van der Waals surface area contributed by atoms with Gasteiger partial charge in [-0.1, -0.05) is 0 Å². The Morgan fingerprint density at radius 3 is 1.58 bits per heavy atom. The van der Waals surface area contributed by atoms with Gasteiger partial charge >= 0.3 is 7.67 Å². The van der Waals surface area contributed by atoms with Crippen LogP contribution in [0.2, 0.25) is 0 Å². The molecular weight excluding hydrogens is 323 g/mol. The third kappa shape index (κ3) is 11.5. The SMILES string of the molecule is CS(=O)(=O)OCCN(CCOS(C)(=O)=O)P(N)(=O)O. The van der Waals surface area contributed by atoms with Crippen LogP contribution in [-0.2, 0) is 33.2 Å². The monoisotopic (exact) mass is 340 g/mol. The molecule has 10 nitrogen and oxygen atoms in total. The number of hydrogen-bond donors (Lipinski definition) is 2. The molecule has 0 fully saturated rings. The zero-order valence-corrected chi connectivity index (χ0v) is 12.9. The van der Waals surface area contributed by atoms with E-state index in [4.69, 9.17) is 5.50 Å². The molecule has 0 aliphatic carbocycles. The summed E-state index contributed by atoms with van der Waals surface area (Å²) in [6.45, 7) is -1.33. The first-order valence-electron chi connectivity index (χ1n) is 4.87. The lowest BCUT2D eigenvalue weighted by Crippen LogP contribution is -2.32. The fourth-order valence-electron chi connectivity index (χ4n) is 0.986. The molecule has 0 heterocycles. The van der Waals surface area contributed by atoms with E-state index >= 15 is 0 Å². The minimum Gasteiger partial charge on any atom is -0.322 e. The molecule has 1 atom stereocenters. The Labute approximate surface area is 112 Å².